The second kappa shape index (κ2) is 10.5. The maximum Gasteiger partial charge on any atom is 0.222 e. The average molecular weight is 545 g/mol. The van der Waals surface area contributed by atoms with Crippen molar-refractivity contribution in [3.05, 3.63) is 64.5 Å². The smallest absolute Gasteiger partial charge is 0.222 e. The van der Waals surface area contributed by atoms with Gasteiger partial charge in [-0.05, 0) is 68.3 Å². The molecule has 0 unspecified atom stereocenters. The van der Waals surface area contributed by atoms with Gasteiger partial charge in [0.25, 0.3) is 0 Å². The molecule has 1 N–H and O–H groups in total. The van der Waals surface area contributed by atoms with Crippen LogP contribution < -0.4 is 0 Å². The number of nitrogens with one attached hydrogen (secondary N) is 1. The normalized spacial score (nSPS) is 14.3. The Balaban J connectivity index is 1.06. The van der Waals surface area contributed by atoms with Gasteiger partial charge < -0.3 is 4.90 Å². The first-order chi connectivity index (χ1) is 19.4. The van der Waals surface area contributed by atoms with Crippen molar-refractivity contribution in [2.24, 2.45) is 0 Å². The number of H-pyrrole nitrogens is 1. The Morgan fingerprint density at radius 1 is 1.00 bits per heavy atom. The van der Waals surface area contributed by atoms with Crippen LogP contribution in [0.4, 0.5) is 4.39 Å². The van der Waals surface area contributed by atoms with Gasteiger partial charge in [-0.3, -0.25) is 9.69 Å². The third-order valence-corrected chi connectivity index (χ3v) is 7.42. The lowest BCUT2D eigenvalue weighted by molar-refractivity contribution is -0.133. The first kappa shape index (κ1) is 25.7. The number of fused-ring (bicyclic) bond motifs is 1. The molecule has 206 valence electrons. The number of piperazine rings is 1. The Kier molecular flexibility index (Phi) is 6.76. The molecule has 14 heteroatoms. The van der Waals surface area contributed by atoms with Gasteiger partial charge in [0.05, 0.1) is 5.69 Å². The SMILES string of the molecule is Cc1nn(-c2ccc3nnc(C)n3n2)c(C)c1CCC(=O)N1CCN(Cc2cc(-c3nn[nH]n3)ccc2F)CC1. The van der Waals surface area contributed by atoms with Crippen LogP contribution in [-0.4, -0.2) is 92.1 Å². The summed E-state index contributed by atoms with van der Waals surface area (Å²) < 4.78 is 18.0. The van der Waals surface area contributed by atoms with Gasteiger partial charge in [0.2, 0.25) is 11.7 Å². The van der Waals surface area contributed by atoms with Crippen LogP contribution in [0.5, 0.6) is 0 Å². The Bertz CT molecular complexity index is 1670. The number of hydrogen-bond donors (Lipinski definition) is 1. The Hall–Kier alpha value is -4.59. The Labute approximate surface area is 229 Å². The number of halogens is 1. The van der Waals surface area contributed by atoms with E-state index >= 15 is 0 Å². The van der Waals surface area contributed by atoms with Crippen LogP contribution in [0.3, 0.4) is 0 Å². The van der Waals surface area contributed by atoms with Gasteiger partial charge in [0.15, 0.2) is 17.3 Å². The van der Waals surface area contributed by atoms with Crippen LogP contribution in [0.1, 0.15) is 34.8 Å². The van der Waals surface area contributed by atoms with Gasteiger partial charge >= 0.3 is 0 Å². The van der Waals surface area contributed by atoms with E-state index in [1.807, 2.05) is 37.8 Å². The monoisotopic (exact) mass is 544 g/mol. The summed E-state index contributed by atoms with van der Waals surface area (Å²) in [5.74, 6) is 1.63. The first-order valence-electron chi connectivity index (χ1n) is 13.1. The van der Waals surface area contributed by atoms with Crippen molar-refractivity contribution in [2.75, 3.05) is 26.2 Å². The zero-order chi connectivity index (χ0) is 27.8. The van der Waals surface area contributed by atoms with Gasteiger partial charge in [0.1, 0.15) is 5.82 Å². The first-order valence-corrected chi connectivity index (χ1v) is 13.1. The van der Waals surface area contributed by atoms with Gasteiger partial charge in [-0.2, -0.15) is 14.8 Å². The van der Waals surface area contributed by atoms with E-state index in [4.69, 9.17) is 5.10 Å². The molecule has 1 fully saturated rings. The number of carbonyl (C=O) groups is 1. The van der Waals surface area contributed by atoms with E-state index in [0.29, 0.717) is 79.8 Å². The predicted molar refractivity (Wildman–Crippen MR) is 142 cm³/mol. The van der Waals surface area contributed by atoms with Crippen molar-refractivity contribution in [1.82, 2.24) is 60.0 Å². The molecule has 1 amide bonds. The molecule has 0 aliphatic carbocycles. The van der Waals surface area contributed by atoms with E-state index in [1.54, 1.807) is 21.3 Å². The van der Waals surface area contributed by atoms with Crippen LogP contribution in [0.2, 0.25) is 0 Å². The van der Waals surface area contributed by atoms with Crippen molar-refractivity contribution in [1.29, 1.82) is 0 Å². The summed E-state index contributed by atoms with van der Waals surface area (Å²) in [5, 5.41) is 31.4. The molecule has 0 atom stereocenters. The Morgan fingerprint density at radius 3 is 2.60 bits per heavy atom. The summed E-state index contributed by atoms with van der Waals surface area (Å²) in [5.41, 5.74) is 4.83. The minimum absolute atomic E-state index is 0.108. The highest BCUT2D eigenvalue weighted by Crippen LogP contribution is 2.22. The number of aromatic nitrogens is 10. The lowest BCUT2D eigenvalue weighted by Crippen LogP contribution is -2.48. The van der Waals surface area contributed by atoms with Gasteiger partial charge in [0, 0.05) is 56.0 Å². The fourth-order valence-electron chi connectivity index (χ4n) is 5.16. The van der Waals surface area contributed by atoms with E-state index in [1.165, 1.54) is 6.07 Å². The van der Waals surface area contributed by atoms with Gasteiger partial charge in [-0.1, -0.05) is 0 Å². The second-order valence-corrected chi connectivity index (χ2v) is 9.97. The van der Waals surface area contributed by atoms with Crippen molar-refractivity contribution in [2.45, 2.75) is 40.2 Å². The molecule has 1 aliphatic rings. The molecule has 5 heterocycles. The van der Waals surface area contributed by atoms with Gasteiger partial charge in [-0.15, -0.1) is 25.5 Å². The predicted octanol–water partition coefficient (Wildman–Crippen LogP) is 1.83. The summed E-state index contributed by atoms with van der Waals surface area (Å²) in [6, 6.07) is 8.55. The third-order valence-electron chi connectivity index (χ3n) is 7.42. The molecule has 6 rings (SSSR count). The number of carbonyl (C=O) groups excluding carboxylic acids is 1. The Morgan fingerprint density at radius 2 is 1.82 bits per heavy atom. The van der Waals surface area contributed by atoms with E-state index < -0.39 is 0 Å². The average Bonchev–Trinajstić information content (AvgIpc) is 3.69. The summed E-state index contributed by atoms with van der Waals surface area (Å²) in [6.45, 7) is 8.80. The summed E-state index contributed by atoms with van der Waals surface area (Å²) in [7, 11) is 0. The number of amides is 1. The van der Waals surface area contributed by atoms with Crippen molar-refractivity contribution < 1.29 is 9.18 Å². The van der Waals surface area contributed by atoms with Crippen LogP contribution in [-0.2, 0) is 17.8 Å². The van der Waals surface area contributed by atoms with Crippen LogP contribution in [0.15, 0.2) is 30.3 Å². The molecule has 40 heavy (non-hydrogen) atoms. The van der Waals surface area contributed by atoms with Gasteiger partial charge in [-0.25, -0.2) is 9.07 Å². The van der Waals surface area contributed by atoms with Crippen molar-refractivity contribution in [3.63, 3.8) is 0 Å². The lowest BCUT2D eigenvalue weighted by Gasteiger charge is -2.35. The third kappa shape index (κ3) is 4.93. The van der Waals surface area contributed by atoms with E-state index in [0.717, 1.165) is 17.0 Å². The topological polar surface area (TPSA) is 139 Å². The molecule has 1 aliphatic heterocycles. The lowest BCUT2D eigenvalue weighted by atomic mass is 10.1. The van der Waals surface area contributed by atoms with E-state index in [9.17, 15) is 9.18 Å². The summed E-state index contributed by atoms with van der Waals surface area (Å²) in [4.78, 5) is 17.1. The van der Waals surface area contributed by atoms with Crippen LogP contribution >= 0.6 is 0 Å². The highest BCUT2D eigenvalue weighted by molar-refractivity contribution is 5.76. The fraction of sp³-hybridized carbons (Fsp3) is 0.385. The highest BCUT2D eigenvalue weighted by atomic mass is 19.1. The fourth-order valence-corrected chi connectivity index (χ4v) is 5.16. The number of hydrogen-bond acceptors (Lipinski definition) is 9. The quantitative estimate of drug-likeness (QED) is 0.325. The molecular weight excluding hydrogens is 515 g/mol. The summed E-state index contributed by atoms with van der Waals surface area (Å²) in [6.07, 6.45) is 0.991. The molecule has 1 saturated heterocycles. The minimum atomic E-state index is -0.274. The van der Waals surface area contributed by atoms with Crippen LogP contribution in [0.25, 0.3) is 22.9 Å². The van der Waals surface area contributed by atoms with E-state index in [2.05, 4.69) is 40.8 Å². The standard InChI is InChI=1S/C26H29FN12O/c1-16-21(17(2)38(32-16)24-8-7-23-29-28-18(3)39(23)33-24)5-9-25(40)37-12-10-36(11-13-37)15-20-14-19(4-6-22(20)27)26-30-34-35-31-26/h4,6-8,14H,5,9-13,15H2,1-3H3,(H,30,31,34,35). The minimum Gasteiger partial charge on any atom is -0.340 e. The molecule has 0 saturated carbocycles. The number of benzene rings is 1. The molecule has 1 aromatic carbocycles. The number of tetrazole rings is 1. The second-order valence-electron chi connectivity index (χ2n) is 9.97. The molecule has 13 nitrogen and oxygen atoms in total. The molecule has 4 aromatic heterocycles. The summed E-state index contributed by atoms with van der Waals surface area (Å²) >= 11 is 0. The molecule has 0 radical (unpaired) electrons. The van der Waals surface area contributed by atoms with Crippen molar-refractivity contribution >= 4 is 11.6 Å². The largest absolute Gasteiger partial charge is 0.340 e. The number of rotatable bonds is 7. The number of aryl methyl sites for hydroxylation is 2. The highest BCUT2D eigenvalue weighted by Gasteiger charge is 2.23. The molecule has 0 bridgehead atoms. The van der Waals surface area contributed by atoms with Crippen molar-refractivity contribution in [3.8, 4) is 17.2 Å². The van der Waals surface area contributed by atoms with Crippen LogP contribution in [0, 0.1) is 26.6 Å². The number of nitrogens with zero attached hydrogens (tertiary/aromatic N) is 11. The molecule has 0 spiro atoms. The maximum atomic E-state index is 14.5. The zero-order valence-corrected chi connectivity index (χ0v) is 22.5. The maximum absolute atomic E-state index is 14.5. The zero-order valence-electron chi connectivity index (χ0n) is 22.5. The number of aromatic amines is 1. The van der Waals surface area contributed by atoms with E-state index in [-0.39, 0.29) is 11.7 Å². The molecule has 5 aromatic rings. The molecular formula is C26H29FN12O.